The Morgan fingerprint density at radius 1 is 0.702 bits per heavy atom. The van der Waals surface area contributed by atoms with Gasteiger partial charge in [-0.25, -0.2) is 0 Å². The van der Waals surface area contributed by atoms with Crippen molar-refractivity contribution in [2.45, 2.75) is 51.9 Å². The van der Waals surface area contributed by atoms with E-state index in [-0.39, 0.29) is 5.41 Å². The van der Waals surface area contributed by atoms with Crippen LogP contribution >= 0.6 is 11.3 Å². The Morgan fingerprint density at radius 2 is 1.46 bits per heavy atom. The van der Waals surface area contributed by atoms with Gasteiger partial charge in [-0.2, -0.15) is 0 Å². The molecule has 0 saturated carbocycles. The topological polar surface area (TPSA) is 0 Å². The van der Waals surface area contributed by atoms with Gasteiger partial charge >= 0.3 is 0 Å². The van der Waals surface area contributed by atoms with Crippen LogP contribution in [0.2, 0.25) is 0 Å². The van der Waals surface area contributed by atoms with Crippen molar-refractivity contribution in [3.8, 4) is 0 Å². The van der Waals surface area contributed by atoms with Crippen LogP contribution in [-0.4, -0.2) is 0 Å². The maximum Gasteiger partial charge on any atom is 0.0361 e. The molecule has 0 nitrogen and oxygen atoms in total. The highest BCUT2D eigenvalue weighted by molar-refractivity contribution is 7.25. The number of thiophene rings is 1. The molecule has 57 heavy (non-hydrogen) atoms. The Hall–Kier alpha value is -6.02. The second-order valence-corrected chi connectivity index (χ2v) is 16.4. The van der Waals surface area contributed by atoms with E-state index in [0.717, 1.165) is 36.8 Å². The lowest BCUT2D eigenvalue weighted by Crippen LogP contribution is -2.15. The first kappa shape index (κ1) is 37.9. The zero-order valence-electron chi connectivity index (χ0n) is 33.3. The maximum absolute atomic E-state index is 4.59. The summed E-state index contributed by atoms with van der Waals surface area (Å²) < 4.78 is 2.70. The monoisotopic (exact) mass is 754 g/mol. The summed E-state index contributed by atoms with van der Waals surface area (Å²) in [7, 11) is 0. The minimum Gasteiger partial charge on any atom is -0.135 e. The van der Waals surface area contributed by atoms with Gasteiger partial charge in [-0.15, -0.1) is 11.3 Å². The molecule has 0 atom stereocenters. The van der Waals surface area contributed by atoms with Crippen molar-refractivity contribution in [2.24, 2.45) is 0 Å². The van der Waals surface area contributed by atoms with E-state index in [1.165, 1.54) is 75.1 Å². The van der Waals surface area contributed by atoms with Crippen molar-refractivity contribution >= 4 is 69.8 Å². The Labute approximate surface area is 342 Å². The Kier molecular flexibility index (Phi) is 11.3. The molecule has 0 amide bonds. The van der Waals surface area contributed by atoms with Gasteiger partial charge in [0.1, 0.15) is 0 Å². The first-order chi connectivity index (χ1) is 28.0. The highest BCUT2D eigenvalue weighted by atomic mass is 32.1. The van der Waals surface area contributed by atoms with E-state index >= 15 is 0 Å². The molecule has 0 N–H and O–H groups in total. The van der Waals surface area contributed by atoms with Gasteiger partial charge in [0.2, 0.25) is 0 Å². The molecule has 0 saturated heterocycles. The fraction of sp³-hybridized carbons (Fsp3) is 0.143. The van der Waals surface area contributed by atoms with Gasteiger partial charge < -0.3 is 0 Å². The van der Waals surface area contributed by atoms with Crippen LogP contribution in [0, 0.1) is 0 Å². The predicted molar refractivity (Wildman–Crippen MR) is 254 cm³/mol. The van der Waals surface area contributed by atoms with Crippen molar-refractivity contribution in [1.82, 2.24) is 0 Å². The van der Waals surface area contributed by atoms with Crippen LogP contribution in [0.15, 0.2) is 200 Å². The number of rotatable bonds is 7. The standard InChI is InChI=1S/C56H50S/c1-5-25-51-48(55-49-39-50-47-33-23-24-35-53(47)57-54(50)38-42(49)36-37-52(55)56(51,3)4)34-20-12-11-15-26-40(2)43-29-18-13-14-19-30-44(46-32-22-21-31-45(43)46)41-27-16-9-7-6-8-10-17-28-41/h6-7,9-19,21-26,28-39H,2,5,8,20,27H2,1,3-4H3/b7-6-,12-11+,14-13?,16-9-,17-10-,18-13?,19-14?,26-15-,29-18?,30-19?,41-28+,43-29?,44-30?,45-43?,46-44?,48-34+,51-25+. The third kappa shape index (κ3) is 7.73. The first-order valence-corrected chi connectivity index (χ1v) is 21.1. The molecule has 0 bridgehead atoms. The lowest BCUT2D eigenvalue weighted by molar-refractivity contribution is 0.658. The van der Waals surface area contributed by atoms with E-state index in [9.17, 15) is 0 Å². The fourth-order valence-corrected chi connectivity index (χ4v) is 9.66. The molecule has 1 heterocycles. The van der Waals surface area contributed by atoms with E-state index in [0.29, 0.717) is 0 Å². The minimum absolute atomic E-state index is 0.0628. The van der Waals surface area contributed by atoms with Crippen LogP contribution in [0.5, 0.6) is 0 Å². The van der Waals surface area contributed by atoms with Gasteiger partial charge in [0.15, 0.2) is 0 Å². The molecular formula is C56H50S. The van der Waals surface area contributed by atoms with Gasteiger partial charge in [-0.1, -0.05) is 197 Å². The summed E-state index contributed by atoms with van der Waals surface area (Å²) in [5, 5.41) is 7.75. The molecule has 6 aromatic rings. The van der Waals surface area contributed by atoms with Crippen LogP contribution < -0.4 is 0 Å². The van der Waals surface area contributed by atoms with E-state index in [1.807, 2.05) is 11.3 Å². The fourth-order valence-electron chi connectivity index (χ4n) is 8.52. The van der Waals surface area contributed by atoms with Crippen LogP contribution in [0.25, 0.3) is 58.4 Å². The summed E-state index contributed by atoms with van der Waals surface area (Å²) in [4.78, 5) is 0. The molecule has 5 aromatic carbocycles. The van der Waals surface area contributed by atoms with Gasteiger partial charge in [-0.3, -0.25) is 0 Å². The molecular weight excluding hydrogens is 705 g/mol. The molecule has 280 valence electrons. The summed E-state index contributed by atoms with van der Waals surface area (Å²) in [6.07, 6.45) is 32.6. The average Bonchev–Trinajstić information content (AvgIpc) is 3.69. The van der Waals surface area contributed by atoms with E-state index in [4.69, 9.17) is 0 Å². The lowest BCUT2D eigenvalue weighted by Gasteiger charge is -2.22. The molecule has 2 aliphatic carbocycles. The molecule has 0 radical (unpaired) electrons. The quantitative estimate of drug-likeness (QED) is 0.142. The zero-order valence-corrected chi connectivity index (χ0v) is 34.2. The third-order valence-corrected chi connectivity index (χ3v) is 12.5. The number of allylic oxidation sites excluding steroid dienone is 17. The van der Waals surface area contributed by atoms with Crippen molar-refractivity contribution < 1.29 is 0 Å². The van der Waals surface area contributed by atoms with E-state index < -0.39 is 0 Å². The van der Waals surface area contributed by atoms with Gasteiger partial charge in [0, 0.05) is 25.6 Å². The van der Waals surface area contributed by atoms with Crippen molar-refractivity contribution in [3.63, 3.8) is 0 Å². The Balaban J connectivity index is 1.12. The molecule has 0 spiro atoms. The van der Waals surface area contributed by atoms with E-state index in [2.05, 4.69) is 216 Å². The average molecular weight is 755 g/mol. The van der Waals surface area contributed by atoms with Gasteiger partial charge in [-0.05, 0) is 110 Å². The number of fused-ring (bicyclic) bond motifs is 7. The van der Waals surface area contributed by atoms with Gasteiger partial charge in [0.05, 0.1) is 0 Å². The summed E-state index contributed by atoms with van der Waals surface area (Å²) in [5.41, 5.74) is 10.2. The molecule has 0 fully saturated rings. The summed E-state index contributed by atoms with van der Waals surface area (Å²) in [6, 6.07) is 40.0. The van der Waals surface area contributed by atoms with Crippen LogP contribution in [0.1, 0.15) is 68.7 Å². The second kappa shape index (κ2) is 17.0. The van der Waals surface area contributed by atoms with Crippen LogP contribution in [0.4, 0.5) is 0 Å². The van der Waals surface area contributed by atoms with Crippen molar-refractivity contribution in [3.05, 3.63) is 223 Å². The van der Waals surface area contributed by atoms with Crippen molar-refractivity contribution in [1.29, 1.82) is 0 Å². The molecule has 8 rings (SSSR count). The lowest BCUT2D eigenvalue weighted by atomic mass is 9.81. The first-order valence-electron chi connectivity index (χ1n) is 20.3. The highest BCUT2D eigenvalue weighted by Gasteiger charge is 2.38. The zero-order chi connectivity index (χ0) is 39.2. The highest BCUT2D eigenvalue weighted by Crippen LogP contribution is 2.53. The van der Waals surface area contributed by atoms with Crippen molar-refractivity contribution in [2.75, 3.05) is 0 Å². The number of hydrogen-bond acceptors (Lipinski definition) is 1. The van der Waals surface area contributed by atoms with Crippen LogP contribution in [-0.2, 0) is 5.41 Å². The molecule has 0 unspecified atom stereocenters. The summed E-state index contributed by atoms with van der Waals surface area (Å²) >= 11 is 1.89. The second-order valence-electron chi connectivity index (χ2n) is 15.4. The van der Waals surface area contributed by atoms with Crippen LogP contribution in [0.3, 0.4) is 0 Å². The smallest absolute Gasteiger partial charge is 0.0361 e. The Morgan fingerprint density at radius 3 is 2.32 bits per heavy atom. The number of benzene rings is 4. The number of hydrogen-bond donors (Lipinski definition) is 0. The largest absolute Gasteiger partial charge is 0.135 e. The Bertz CT molecular complexity index is 2830. The minimum atomic E-state index is -0.0628. The van der Waals surface area contributed by atoms with E-state index in [1.54, 1.807) is 0 Å². The summed E-state index contributed by atoms with van der Waals surface area (Å²) in [5.74, 6) is 0. The SMILES string of the molecule is C=C(/C=C\C=C\C/C=C1\C(=C/CC)C(C)(C)c2ccc3cc4sc5ccccc5c4cc3c21)c1ccccccc(/C2=C/C=C\C/C=C\C=C/C2)c2ccccc12. The molecule has 1 heteroatoms. The third-order valence-electron chi connectivity index (χ3n) is 11.3. The molecule has 2 aliphatic rings. The molecule has 0 aliphatic heterocycles. The normalized spacial score (nSPS) is 19.3. The summed E-state index contributed by atoms with van der Waals surface area (Å²) in [6.45, 7) is 11.6. The maximum atomic E-state index is 4.59. The molecule has 1 aromatic heterocycles. The van der Waals surface area contributed by atoms with Gasteiger partial charge in [0.25, 0.3) is 0 Å². The predicted octanol–water partition coefficient (Wildman–Crippen LogP) is 16.6.